The molecular formula is C13H17NO. The summed E-state index contributed by atoms with van der Waals surface area (Å²) >= 11 is 0. The van der Waals surface area contributed by atoms with Gasteiger partial charge in [-0.2, -0.15) is 0 Å². The SMILES string of the molecule is C=C[C@@H](c1ccccc1)N1CCOCC1. The molecule has 2 heteroatoms. The molecule has 0 saturated carbocycles. The highest BCUT2D eigenvalue weighted by molar-refractivity contribution is 5.22. The molecule has 0 radical (unpaired) electrons. The Morgan fingerprint density at radius 2 is 1.87 bits per heavy atom. The average molecular weight is 203 g/mol. The van der Waals surface area contributed by atoms with Crippen LogP contribution in [0.4, 0.5) is 0 Å². The summed E-state index contributed by atoms with van der Waals surface area (Å²) in [4.78, 5) is 2.41. The number of hydrogen-bond acceptors (Lipinski definition) is 2. The quantitative estimate of drug-likeness (QED) is 0.699. The highest BCUT2D eigenvalue weighted by Gasteiger charge is 2.19. The Bertz CT molecular complexity index is 304. The standard InChI is InChI=1S/C13H17NO/c1-2-13(12-6-4-3-5-7-12)14-8-10-15-11-9-14/h2-7,13H,1,8-11H2/t13-/m0/s1. The number of nitrogens with zero attached hydrogens (tertiary/aromatic N) is 1. The highest BCUT2D eigenvalue weighted by Crippen LogP contribution is 2.22. The lowest BCUT2D eigenvalue weighted by atomic mass is 10.1. The van der Waals surface area contributed by atoms with E-state index in [1.807, 2.05) is 12.1 Å². The van der Waals surface area contributed by atoms with Crippen LogP contribution in [0.2, 0.25) is 0 Å². The van der Waals surface area contributed by atoms with Crippen LogP contribution in [0.1, 0.15) is 11.6 Å². The highest BCUT2D eigenvalue weighted by atomic mass is 16.5. The van der Waals surface area contributed by atoms with Crippen LogP contribution >= 0.6 is 0 Å². The third kappa shape index (κ3) is 2.46. The molecule has 0 spiro atoms. The molecule has 2 rings (SSSR count). The second-order valence-corrected chi connectivity index (χ2v) is 3.74. The van der Waals surface area contributed by atoms with Gasteiger partial charge in [-0.3, -0.25) is 4.90 Å². The lowest BCUT2D eigenvalue weighted by Crippen LogP contribution is -2.38. The van der Waals surface area contributed by atoms with Gasteiger partial charge in [0.25, 0.3) is 0 Å². The second-order valence-electron chi connectivity index (χ2n) is 3.74. The van der Waals surface area contributed by atoms with E-state index < -0.39 is 0 Å². The van der Waals surface area contributed by atoms with E-state index in [0.29, 0.717) is 6.04 Å². The van der Waals surface area contributed by atoms with Crippen molar-refractivity contribution in [3.63, 3.8) is 0 Å². The lowest BCUT2D eigenvalue weighted by Gasteiger charge is -2.32. The summed E-state index contributed by atoms with van der Waals surface area (Å²) in [6.45, 7) is 7.57. The maximum atomic E-state index is 5.35. The summed E-state index contributed by atoms with van der Waals surface area (Å²) < 4.78 is 5.35. The van der Waals surface area contributed by atoms with Gasteiger partial charge in [0.1, 0.15) is 0 Å². The Morgan fingerprint density at radius 1 is 1.20 bits per heavy atom. The van der Waals surface area contributed by atoms with Crippen LogP contribution in [0.15, 0.2) is 43.0 Å². The van der Waals surface area contributed by atoms with Gasteiger partial charge in [-0.05, 0) is 5.56 Å². The molecule has 2 nitrogen and oxygen atoms in total. The number of ether oxygens (including phenoxy) is 1. The van der Waals surface area contributed by atoms with Crippen molar-refractivity contribution in [2.24, 2.45) is 0 Å². The number of benzene rings is 1. The molecule has 1 saturated heterocycles. The minimum atomic E-state index is 0.329. The fourth-order valence-electron chi connectivity index (χ4n) is 2.00. The smallest absolute Gasteiger partial charge is 0.0594 e. The van der Waals surface area contributed by atoms with E-state index >= 15 is 0 Å². The molecule has 0 amide bonds. The van der Waals surface area contributed by atoms with Gasteiger partial charge >= 0.3 is 0 Å². The molecule has 80 valence electrons. The summed E-state index contributed by atoms with van der Waals surface area (Å²) in [6.07, 6.45) is 2.01. The fourth-order valence-corrected chi connectivity index (χ4v) is 2.00. The van der Waals surface area contributed by atoms with Crippen LogP contribution in [0.5, 0.6) is 0 Å². The van der Waals surface area contributed by atoms with Crippen molar-refractivity contribution in [3.05, 3.63) is 48.6 Å². The first-order valence-electron chi connectivity index (χ1n) is 5.41. The first kappa shape index (κ1) is 10.4. The Hall–Kier alpha value is -1.12. The predicted molar refractivity (Wildman–Crippen MR) is 61.8 cm³/mol. The van der Waals surface area contributed by atoms with E-state index in [4.69, 9.17) is 4.74 Å². The lowest BCUT2D eigenvalue weighted by molar-refractivity contribution is 0.0254. The van der Waals surface area contributed by atoms with Gasteiger partial charge in [-0.1, -0.05) is 36.4 Å². The van der Waals surface area contributed by atoms with Gasteiger partial charge in [0, 0.05) is 13.1 Å². The first-order valence-corrected chi connectivity index (χ1v) is 5.41. The maximum absolute atomic E-state index is 5.35. The van der Waals surface area contributed by atoms with Crippen molar-refractivity contribution in [1.82, 2.24) is 4.90 Å². The van der Waals surface area contributed by atoms with Crippen LogP contribution in [0.3, 0.4) is 0 Å². The third-order valence-corrected chi connectivity index (χ3v) is 2.80. The second kappa shape index (κ2) is 5.10. The topological polar surface area (TPSA) is 12.5 Å². The minimum Gasteiger partial charge on any atom is -0.379 e. The molecule has 1 fully saturated rings. The van der Waals surface area contributed by atoms with Crippen LogP contribution in [-0.2, 0) is 4.74 Å². The molecule has 1 aliphatic rings. The molecule has 1 atom stereocenters. The van der Waals surface area contributed by atoms with E-state index in [2.05, 4.69) is 35.7 Å². The summed E-state index contributed by atoms with van der Waals surface area (Å²) in [7, 11) is 0. The summed E-state index contributed by atoms with van der Waals surface area (Å²) in [6, 6.07) is 10.8. The number of morpholine rings is 1. The van der Waals surface area contributed by atoms with Gasteiger partial charge in [0.05, 0.1) is 19.3 Å². The normalized spacial score (nSPS) is 19.7. The number of rotatable bonds is 3. The third-order valence-electron chi connectivity index (χ3n) is 2.80. The number of hydrogen-bond donors (Lipinski definition) is 0. The summed E-state index contributed by atoms with van der Waals surface area (Å²) in [5, 5.41) is 0. The molecule has 1 aromatic rings. The average Bonchev–Trinajstić information content (AvgIpc) is 2.33. The molecule has 1 aromatic carbocycles. The molecule has 15 heavy (non-hydrogen) atoms. The van der Waals surface area contributed by atoms with Crippen LogP contribution in [-0.4, -0.2) is 31.2 Å². The molecule has 0 bridgehead atoms. The molecule has 1 aliphatic heterocycles. The van der Waals surface area contributed by atoms with Crippen molar-refractivity contribution >= 4 is 0 Å². The van der Waals surface area contributed by atoms with Gasteiger partial charge < -0.3 is 4.74 Å². The van der Waals surface area contributed by atoms with Crippen LogP contribution in [0.25, 0.3) is 0 Å². The molecule has 0 aromatic heterocycles. The zero-order chi connectivity index (χ0) is 10.5. The molecular weight excluding hydrogens is 186 g/mol. The summed E-state index contributed by atoms with van der Waals surface area (Å²) in [5.74, 6) is 0. The minimum absolute atomic E-state index is 0.329. The molecule has 0 aliphatic carbocycles. The van der Waals surface area contributed by atoms with E-state index in [-0.39, 0.29) is 0 Å². The van der Waals surface area contributed by atoms with E-state index in [1.165, 1.54) is 5.56 Å². The van der Waals surface area contributed by atoms with Gasteiger partial charge in [-0.25, -0.2) is 0 Å². The van der Waals surface area contributed by atoms with E-state index in [9.17, 15) is 0 Å². The van der Waals surface area contributed by atoms with Gasteiger partial charge in [0.15, 0.2) is 0 Å². The zero-order valence-corrected chi connectivity index (χ0v) is 8.93. The Morgan fingerprint density at radius 3 is 2.47 bits per heavy atom. The first-order chi connectivity index (χ1) is 7.42. The zero-order valence-electron chi connectivity index (χ0n) is 8.93. The van der Waals surface area contributed by atoms with Crippen molar-refractivity contribution in [2.75, 3.05) is 26.3 Å². The van der Waals surface area contributed by atoms with Gasteiger partial charge in [-0.15, -0.1) is 6.58 Å². The molecule has 0 N–H and O–H groups in total. The Kier molecular flexibility index (Phi) is 3.54. The maximum Gasteiger partial charge on any atom is 0.0594 e. The monoisotopic (exact) mass is 203 g/mol. The molecule has 1 heterocycles. The van der Waals surface area contributed by atoms with Crippen molar-refractivity contribution in [2.45, 2.75) is 6.04 Å². The molecule has 0 unspecified atom stereocenters. The largest absolute Gasteiger partial charge is 0.379 e. The van der Waals surface area contributed by atoms with Crippen molar-refractivity contribution in [3.8, 4) is 0 Å². The van der Waals surface area contributed by atoms with Gasteiger partial charge in [0.2, 0.25) is 0 Å². The Labute approximate surface area is 91.2 Å². The van der Waals surface area contributed by atoms with Crippen LogP contribution < -0.4 is 0 Å². The Balaban J connectivity index is 2.12. The summed E-state index contributed by atoms with van der Waals surface area (Å²) in [5.41, 5.74) is 1.31. The predicted octanol–water partition coefficient (Wildman–Crippen LogP) is 2.25. The van der Waals surface area contributed by atoms with Crippen molar-refractivity contribution in [1.29, 1.82) is 0 Å². The van der Waals surface area contributed by atoms with Crippen molar-refractivity contribution < 1.29 is 4.74 Å². The fraction of sp³-hybridized carbons (Fsp3) is 0.385. The van der Waals surface area contributed by atoms with E-state index in [0.717, 1.165) is 26.3 Å². The van der Waals surface area contributed by atoms with E-state index in [1.54, 1.807) is 0 Å². The van der Waals surface area contributed by atoms with Crippen LogP contribution in [0, 0.1) is 0 Å².